The lowest BCUT2D eigenvalue weighted by Gasteiger charge is -2.29. The first-order valence-electron chi connectivity index (χ1n) is 9.53. The minimum Gasteiger partial charge on any atom is -0.493 e. The second kappa shape index (κ2) is 7.46. The van der Waals surface area contributed by atoms with Gasteiger partial charge in [0.1, 0.15) is 11.6 Å². The number of hydrogen-bond acceptors (Lipinski definition) is 8. The number of carbonyl (C=O) groups is 3. The van der Waals surface area contributed by atoms with E-state index in [1.54, 1.807) is 12.1 Å². The number of hydrogen-bond donors (Lipinski definition) is 1. The molecular formula is C19H22N2O8S. The van der Waals surface area contributed by atoms with Crippen LogP contribution in [0.25, 0.3) is 0 Å². The largest absolute Gasteiger partial charge is 0.493 e. The van der Waals surface area contributed by atoms with Gasteiger partial charge in [-0.25, -0.2) is 13.2 Å². The van der Waals surface area contributed by atoms with Crippen molar-refractivity contribution in [1.82, 2.24) is 10.2 Å². The Balaban J connectivity index is 1.61. The molecule has 2 amide bonds. The van der Waals surface area contributed by atoms with Gasteiger partial charge in [0.25, 0.3) is 0 Å². The fraction of sp³-hybridized carbons (Fsp3) is 0.526. The van der Waals surface area contributed by atoms with Gasteiger partial charge in [-0.3, -0.25) is 14.5 Å². The summed E-state index contributed by atoms with van der Waals surface area (Å²) in [4.78, 5) is 39.3. The van der Waals surface area contributed by atoms with E-state index < -0.39 is 40.0 Å². The molecule has 0 spiro atoms. The summed E-state index contributed by atoms with van der Waals surface area (Å²) in [5, 5.41) is 2.73. The molecule has 3 heterocycles. The topological polar surface area (TPSA) is 128 Å². The standard InChI is InChI=1S/C19H22N2O8S/c1-27-13-5-3-11-15(16(13)28-2)19(24)29-18(11)21-12(4-6-14(21)22)17(23)20-10-7-8-30(25,26)9-10/h3,5,10,12,18H,4,6-9H2,1-2H3,(H,20,23)/t10-,12-,18+/m0/s1. The van der Waals surface area contributed by atoms with E-state index in [4.69, 9.17) is 14.2 Å². The van der Waals surface area contributed by atoms with Crippen LogP contribution in [0.4, 0.5) is 0 Å². The van der Waals surface area contributed by atoms with Crippen molar-refractivity contribution in [2.24, 2.45) is 0 Å². The highest BCUT2D eigenvalue weighted by atomic mass is 32.2. The van der Waals surface area contributed by atoms with Crippen molar-refractivity contribution < 1.29 is 37.0 Å². The van der Waals surface area contributed by atoms with Gasteiger partial charge in [-0.2, -0.15) is 0 Å². The Morgan fingerprint density at radius 1 is 1.20 bits per heavy atom. The Kier molecular flexibility index (Phi) is 5.08. The molecule has 0 aliphatic carbocycles. The number of amides is 2. The van der Waals surface area contributed by atoms with E-state index >= 15 is 0 Å². The SMILES string of the molecule is COc1ccc2c(c1OC)C(=O)O[C@H]2N1C(=O)CC[C@H]1C(=O)N[C@H]1CCS(=O)(=O)C1. The van der Waals surface area contributed by atoms with Crippen molar-refractivity contribution >= 4 is 27.6 Å². The second-order valence-electron chi connectivity index (χ2n) is 7.49. The maximum atomic E-state index is 12.9. The molecule has 1 aromatic rings. The summed E-state index contributed by atoms with van der Waals surface area (Å²) in [6.07, 6.45) is -0.351. The molecular weight excluding hydrogens is 416 g/mol. The summed E-state index contributed by atoms with van der Waals surface area (Å²) in [5.74, 6) is -0.989. The van der Waals surface area contributed by atoms with Crippen molar-refractivity contribution in [3.63, 3.8) is 0 Å². The Labute approximate surface area is 173 Å². The maximum Gasteiger partial charge on any atom is 0.344 e. The van der Waals surface area contributed by atoms with Crippen LogP contribution in [0.15, 0.2) is 12.1 Å². The Hall–Kier alpha value is -2.82. The molecule has 0 unspecified atom stereocenters. The minimum absolute atomic E-state index is 0.0283. The molecule has 1 aromatic carbocycles. The predicted octanol–water partition coefficient (Wildman–Crippen LogP) is 0.167. The third kappa shape index (κ3) is 3.36. The van der Waals surface area contributed by atoms with Crippen molar-refractivity contribution in [3.05, 3.63) is 23.3 Å². The van der Waals surface area contributed by atoms with Gasteiger partial charge in [0.2, 0.25) is 18.0 Å². The number of likely N-dealkylation sites (tertiary alicyclic amines) is 1. The molecule has 162 valence electrons. The zero-order chi connectivity index (χ0) is 21.6. The average molecular weight is 438 g/mol. The lowest BCUT2D eigenvalue weighted by Crippen LogP contribution is -2.49. The van der Waals surface area contributed by atoms with Crippen LogP contribution < -0.4 is 14.8 Å². The van der Waals surface area contributed by atoms with Crippen LogP contribution in [0, 0.1) is 0 Å². The van der Waals surface area contributed by atoms with E-state index in [1.807, 2.05) is 0 Å². The molecule has 1 N–H and O–H groups in total. The lowest BCUT2D eigenvalue weighted by atomic mass is 10.0. The van der Waals surface area contributed by atoms with Gasteiger partial charge in [-0.15, -0.1) is 0 Å². The van der Waals surface area contributed by atoms with Gasteiger partial charge in [-0.1, -0.05) is 0 Å². The molecule has 0 radical (unpaired) electrons. The number of ether oxygens (including phenoxy) is 3. The highest BCUT2D eigenvalue weighted by Crippen LogP contribution is 2.45. The first kappa shape index (κ1) is 20.5. The molecule has 3 aliphatic rings. The predicted molar refractivity (Wildman–Crippen MR) is 103 cm³/mol. The Morgan fingerprint density at radius 3 is 2.60 bits per heavy atom. The third-order valence-electron chi connectivity index (χ3n) is 5.66. The molecule has 0 saturated carbocycles. The average Bonchev–Trinajstić information content (AvgIpc) is 3.35. The molecule has 11 heteroatoms. The normalized spacial score (nSPS) is 27.0. The number of cyclic esters (lactones) is 1. The van der Waals surface area contributed by atoms with Crippen LogP contribution in [0.3, 0.4) is 0 Å². The lowest BCUT2D eigenvalue weighted by molar-refractivity contribution is -0.145. The Morgan fingerprint density at radius 2 is 1.97 bits per heavy atom. The van der Waals surface area contributed by atoms with Gasteiger partial charge in [0, 0.05) is 18.0 Å². The number of nitrogens with zero attached hydrogens (tertiary/aromatic N) is 1. The van der Waals surface area contributed by atoms with Gasteiger partial charge < -0.3 is 19.5 Å². The number of fused-ring (bicyclic) bond motifs is 1. The highest BCUT2D eigenvalue weighted by molar-refractivity contribution is 7.91. The number of sulfone groups is 1. The molecule has 3 aliphatic heterocycles. The van der Waals surface area contributed by atoms with Crippen molar-refractivity contribution in [1.29, 1.82) is 0 Å². The molecule has 30 heavy (non-hydrogen) atoms. The highest BCUT2D eigenvalue weighted by Gasteiger charge is 2.48. The van der Waals surface area contributed by atoms with Crippen LogP contribution in [-0.2, 0) is 24.2 Å². The maximum absolute atomic E-state index is 12.9. The zero-order valence-corrected chi connectivity index (χ0v) is 17.4. The van der Waals surface area contributed by atoms with E-state index in [9.17, 15) is 22.8 Å². The number of rotatable bonds is 5. The number of esters is 1. The number of benzene rings is 1. The van der Waals surface area contributed by atoms with Crippen LogP contribution in [0.1, 0.15) is 41.4 Å². The number of methoxy groups -OCH3 is 2. The van der Waals surface area contributed by atoms with E-state index in [-0.39, 0.29) is 41.6 Å². The molecule has 2 saturated heterocycles. The van der Waals surface area contributed by atoms with Crippen molar-refractivity contribution in [3.8, 4) is 11.5 Å². The molecule has 2 fully saturated rings. The van der Waals surface area contributed by atoms with Gasteiger partial charge in [-0.05, 0) is 25.0 Å². The molecule has 4 rings (SSSR count). The molecule has 0 bridgehead atoms. The van der Waals surface area contributed by atoms with Crippen molar-refractivity contribution in [2.45, 2.75) is 37.6 Å². The summed E-state index contributed by atoms with van der Waals surface area (Å²) in [6.45, 7) is 0. The van der Waals surface area contributed by atoms with E-state index in [0.29, 0.717) is 17.7 Å². The van der Waals surface area contributed by atoms with Crippen LogP contribution >= 0.6 is 0 Å². The summed E-state index contributed by atoms with van der Waals surface area (Å²) in [6, 6.07) is 1.86. The second-order valence-corrected chi connectivity index (χ2v) is 9.72. The van der Waals surface area contributed by atoms with Gasteiger partial charge in [0.05, 0.1) is 25.7 Å². The monoisotopic (exact) mass is 438 g/mol. The Bertz CT molecular complexity index is 1020. The summed E-state index contributed by atoms with van der Waals surface area (Å²) >= 11 is 0. The first-order valence-corrected chi connectivity index (χ1v) is 11.4. The molecule has 0 aromatic heterocycles. The molecule has 10 nitrogen and oxygen atoms in total. The van der Waals surface area contributed by atoms with Gasteiger partial charge in [0.15, 0.2) is 21.3 Å². The fourth-order valence-corrected chi connectivity index (χ4v) is 5.92. The fourth-order valence-electron chi connectivity index (χ4n) is 4.25. The number of carbonyl (C=O) groups excluding carboxylic acids is 3. The summed E-state index contributed by atoms with van der Waals surface area (Å²) < 4.78 is 39.3. The summed E-state index contributed by atoms with van der Waals surface area (Å²) in [7, 11) is -0.322. The number of nitrogens with one attached hydrogen (secondary N) is 1. The third-order valence-corrected chi connectivity index (χ3v) is 7.42. The van der Waals surface area contributed by atoms with Gasteiger partial charge >= 0.3 is 5.97 Å². The first-order chi connectivity index (χ1) is 14.3. The van der Waals surface area contributed by atoms with Crippen LogP contribution in [0.2, 0.25) is 0 Å². The van der Waals surface area contributed by atoms with E-state index in [2.05, 4.69) is 5.32 Å². The zero-order valence-electron chi connectivity index (χ0n) is 16.5. The van der Waals surface area contributed by atoms with E-state index in [0.717, 1.165) is 0 Å². The van der Waals surface area contributed by atoms with Crippen molar-refractivity contribution in [2.75, 3.05) is 25.7 Å². The molecule has 3 atom stereocenters. The smallest absolute Gasteiger partial charge is 0.344 e. The van der Waals surface area contributed by atoms with E-state index in [1.165, 1.54) is 19.1 Å². The minimum atomic E-state index is -3.16. The quantitative estimate of drug-likeness (QED) is 0.644. The van der Waals surface area contributed by atoms with Crippen LogP contribution in [-0.4, -0.2) is 68.9 Å². The summed E-state index contributed by atoms with van der Waals surface area (Å²) in [5.41, 5.74) is 0.566. The van der Waals surface area contributed by atoms with Crippen LogP contribution in [0.5, 0.6) is 11.5 Å².